The van der Waals surface area contributed by atoms with Crippen LogP contribution < -0.4 is 0 Å². The van der Waals surface area contributed by atoms with Crippen molar-refractivity contribution in [2.45, 2.75) is 79.4 Å². The Morgan fingerprint density at radius 3 is 2.11 bits per heavy atom. The lowest BCUT2D eigenvalue weighted by Crippen LogP contribution is -2.65. The van der Waals surface area contributed by atoms with Crippen molar-refractivity contribution in [3.05, 3.63) is 59.9 Å². The number of rotatable bonds is 10. The number of fused-ring (bicyclic) bond motifs is 1. The van der Waals surface area contributed by atoms with Crippen molar-refractivity contribution < 1.29 is 84.3 Å². The van der Waals surface area contributed by atoms with Crippen LogP contribution in [0.1, 0.15) is 5.56 Å². The van der Waals surface area contributed by atoms with Gasteiger partial charge in [0.15, 0.2) is 18.7 Å². The molecular weight excluding hydrogens is 632 g/mol. The number of hydrogen-bond donors (Lipinski definition) is 10. The molecule has 0 amide bonds. The van der Waals surface area contributed by atoms with Crippen molar-refractivity contribution >= 4 is 12.0 Å². The van der Waals surface area contributed by atoms with Crippen LogP contribution in [-0.4, -0.2) is 156 Å². The fraction of sp³-hybridized carbons (Fsp3) is 0.567. The Morgan fingerprint density at radius 1 is 0.830 bits per heavy atom. The number of ether oxygens (including phenoxy) is 6. The molecule has 17 heteroatoms. The number of hydrogen-bond acceptors (Lipinski definition) is 17. The molecule has 1 aliphatic carbocycles. The highest BCUT2D eigenvalue weighted by molar-refractivity contribution is 5.87. The maximum atomic E-state index is 12.8. The summed E-state index contributed by atoms with van der Waals surface area (Å²) in [5, 5.41) is 103. The molecule has 3 heterocycles. The summed E-state index contributed by atoms with van der Waals surface area (Å²) < 4.78 is 34.2. The molecule has 260 valence electrons. The summed E-state index contributed by atoms with van der Waals surface area (Å²) in [6.07, 6.45) is -14.0. The Balaban J connectivity index is 1.41. The number of benzene rings is 1. The predicted octanol–water partition coefficient (Wildman–Crippen LogP) is -3.89. The van der Waals surface area contributed by atoms with Crippen molar-refractivity contribution in [1.29, 1.82) is 0 Å². The lowest BCUT2D eigenvalue weighted by Gasteiger charge is -2.49. The van der Waals surface area contributed by atoms with Crippen molar-refractivity contribution in [1.82, 2.24) is 0 Å². The second-order valence-electron chi connectivity index (χ2n) is 11.5. The molecule has 0 unspecified atom stereocenters. The highest BCUT2D eigenvalue weighted by Crippen LogP contribution is 2.48. The summed E-state index contributed by atoms with van der Waals surface area (Å²) >= 11 is 0. The molecule has 0 spiro atoms. The summed E-state index contributed by atoms with van der Waals surface area (Å²) in [4.78, 5) is 12.8. The zero-order valence-electron chi connectivity index (χ0n) is 24.7. The monoisotopic (exact) mass is 670 g/mol. The standard InChI is InChI=1S/C30H38O17/c31-10-14-9-18(35)30(7-8-42-27(20(14)30)46-28-25(41)23(39)21(37)16(11-32)43-28)47-29-26(24(40)22(38)17(12-33)44-29)45-19(36)6-3-13-1-4-15(34)5-2-13/h1-9,16-18,20-29,31-35,37-41H,10-12H2/t16-,17-,18-,20+,21-,22-,23+,24+,25-,26-,27+,28+,29+,30-/m1/s1. The van der Waals surface area contributed by atoms with E-state index in [2.05, 4.69) is 0 Å². The summed E-state index contributed by atoms with van der Waals surface area (Å²) in [7, 11) is 0. The minimum atomic E-state index is -1.95. The lowest BCUT2D eigenvalue weighted by molar-refractivity contribution is -0.362. The second kappa shape index (κ2) is 14.6. The number of carbonyl (C=O) groups is 1. The number of aliphatic hydroxyl groups is 9. The van der Waals surface area contributed by atoms with Gasteiger partial charge >= 0.3 is 5.97 Å². The van der Waals surface area contributed by atoms with Gasteiger partial charge in [0.1, 0.15) is 60.2 Å². The molecule has 1 aromatic carbocycles. The summed E-state index contributed by atoms with van der Waals surface area (Å²) in [5.74, 6) is -2.26. The molecule has 5 rings (SSSR count). The van der Waals surface area contributed by atoms with Gasteiger partial charge in [0.2, 0.25) is 6.29 Å². The second-order valence-corrected chi connectivity index (χ2v) is 11.5. The Hall–Kier alpha value is -3.01. The molecule has 0 aromatic heterocycles. The molecule has 1 aromatic rings. The van der Waals surface area contributed by atoms with Gasteiger partial charge in [-0.05, 0) is 35.4 Å². The van der Waals surface area contributed by atoms with Crippen molar-refractivity contribution in [2.75, 3.05) is 19.8 Å². The van der Waals surface area contributed by atoms with Crippen LogP contribution in [0.5, 0.6) is 5.75 Å². The van der Waals surface area contributed by atoms with E-state index in [0.29, 0.717) is 5.56 Å². The van der Waals surface area contributed by atoms with Crippen molar-refractivity contribution in [2.24, 2.45) is 5.92 Å². The third-order valence-corrected chi connectivity index (χ3v) is 8.53. The maximum absolute atomic E-state index is 12.8. The van der Waals surface area contributed by atoms with E-state index in [-0.39, 0.29) is 11.3 Å². The molecule has 47 heavy (non-hydrogen) atoms. The number of phenols is 1. The SMILES string of the molecule is O=C(C=Cc1ccc(O)cc1)O[C@H]1[C@H](O[C@@]23C=CO[C@@H](O[C@@H]4O[C@H](CO)[C@@H](O)[C@H](O)[C@H]4O)[C@@H]2C(CO)=C[C@H]3O)O[C@H](CO)[C@@H](O)[C@@H]1O. The number of aliphatic hydroxyl groups excluding tert-OH is 9. The van der Waals surface area contributed by atoms with E-state index in [4.69, 9.17) is 28.4 Å². The van der Waals surface area contributed by atoms with E-state index >= 15 is 0 Å². The Kier molecular flexibility index (Phi) is 11.0. The fourth-order valence-corrected chi connectivity index (χ4v) is 5.96. The quantitative estimate of drug-likeness (QED) is 0.0647. The van der Waals surface area contributed by atoms with Crippen LogP contribution >= 0.6 is 0 Å². The summed E-state index contributed by atoms with van der Waals surface area (Å²) in [6, 6.07) is 5.83. The average Bonchev–Trinajstić information content (AvgIpc) is 3.35. The van der Waals surface area contributed by atoms with Crippen LogP contribution in [0.25, 0.3) is 6.08 Å². The van der Waals surface area contributed by atoms with Gasteiger partial charge in [-0.2, -0.15) is 0 Å². The molecule has 3 aliphatic heterocycles. The Labute approximate surface area is 267 Å². The first-order valence-corrected chi connectivity index (χ1v) is 14.7. The predicted molar refractivity (Wildman–Crippen MR) is 152 cm³/mol. The van der Waals surface area contributed by atoms with Gasteiger partial charge in [0.05, 0.1) is 32.0 Å². The molecule has 0 bridgehead atoms. The minimum Gasteiger partial charge on any atom is -0.508 e. The summed E-state index contributed by atoms with van der Waals surface area (Å²) in [5.41, 5.74) is -1.32. The smallest absolute Gasteiger partial charge is 0.331 e. The van der Waals surface area contributed by atoms with Gasteiger partial charge in [-0.25, -0.2) is 4.79 Å². The molecule has 0 radical (unpaired) electrons. The number of aromatic hydroxyl groups is 1. The van der Waals surface area contributed by atoms with Gasteiger partial charge in [-0.15, -0.1) is 0 Å². The van der Waals surface area contributed by atoms with E-state index in [1.807, 2.05) is 0 Å². The van der Waals surface area contributed by atoms with E-state index in [0.717, 1.165) is 12.3 Å². The zero-order chi connectivity index (χ0) is 34.0. The third-order valence-electron chi connectivity index (χ3n) is 8.53. The van der Waals surface area contributed by atoms with E-state index in [9.17, 15) is 55.9 Å². The number of esters is 1. The average molecular weight is 671 g/mol. The topological polar surface area (TPSA) is 275 Å². The van der Waals surface area contributed by atoms with Gasteiger partial charge in [0.25, 0.3) is 0 Å². The van der Waals surface area contributed by atoms with Gasteiger partial charge < -0.3 is 79.5 Å². The van der Waals surface area contributed by atoms with Crippen LogP contribution in [0.15, 0.2) is 54.3 Å². The van der Waals surface area contributed by atoms with Gasteiger partial charge in [-0.1, -0.05) is 18.2 Å². The zero-order valence-corrected chi connectivity index (χ0v) is 24.7. The highest BCUT2D eigenvalue weighted by atomic mass is 16.8. The van der Waals surface area contributed by atoms with Crippen LogP contribution in [0, 0.1) is 5.92 Å². The minimum absolute atomic E-state index is 0.00762. The normalized spacial score (nSPS) is 41.7. The number of carbonyl (C=O) groups excluding carboxylic acids is 1. The van der Waals surface area contributed by atoms with Crippen molar-refractivity contribution in [3.63, 3.8) is 0 Å². The highest BCUT2D eigenvalue weighted by Gasteiger charge is 2.61. The first-order valence-electron chi connectivity index (χ1n) is 14.7. The largest absolute Gasteiger partial charge is 0.508 e. The fourth-order valence-electron chi connectivity index (χ4n) is 5.96. The van der Waals surface area contributed by atoms with Crippen molar-refractivity contribution in [3.8, 4) is 5.75 Å². The molecule has 14 atom stereocenters. The van der Waals surface area contributed by atoms with Gasteiger partial charge in [0, 0.05) is 6.08 Å². The summed E-state index contributed by atoms with van der Waals surface area (Å²) in [6.45, 7) is -2.19. The molecule has 4 aliphatic rings. The maximum Gasteiger partial charge on any atom is 0.331 e. The molecule has 2 fully saturated rings. The van der Waals surface area contributed by atoms with Gasteiger partial charge in [-0.3, -0.25) is 0 Å². The van der Waals surface area contributed by atoms with Crippen LogP contribution in [0.2, 0.25) is 0 Å². The first kappa shape index (κ1) is 35.3. The molecule has 10 N–H and O–H groups in total. The van der Waals surface area contributed by atoms with Crippen LogP contribution in [0.3, 0.4) is 0 Å². The molecule has 0 saturated carbocycles. The molecule has 2 saturated heterocycles. The molecular formula is C30H38O17. The van der Waals surface area contributed by atoms with E-state index < -0.39 is 111 Å². The van der Waals surface area contributed by atoms with Crippen LogP contribution in [-0.2, 0) is 33.2 Å². The third kappa shape index (κ3) is 6.94. The lowest BCUT2D eigenvalue weighted by atomic mass is 9.82. The van der Waals surface area contributed by atoms with Crippen LogP contribution in [0.4, 0.5) is 0 Å². The Morgan fingerprint density at radius 2 is 1.47 bits per heavy atom. The van der Waals surface area contributed by atoms with E-state index in [1.54, 1.807) is 0 Å². The Bertz CT molecular complexity index is 1320. The first-order chi connectivity index (χ1) is 22.4. The molecule has 17 nitrogen and oxygen atoms in total. The number of phenolic OH excluding ortho intramolecular Hbond substituents is 1. The van der Waals surface area contributed by atoms with E-state index in [1.165, 1.54) is 42.5 Å².